The van der Waals surface area contributed by atoms with E-state index in [4.69, 9.17) is 22.3 Å². The SMILES string of the molecule is CCCCCCCCCCCCOCCCCCCCCCCCC.CN(C)C.O=S(=O)(O)O. The van der Waals surface area contributed by atoms with E-state index in [-0.39, 0.29) is 0 Å². The van der Waals surface area contributed by atoms with Crippen LogP contribution in [0.3, 0.4) is 0 Å². The lowest BCUT2D eigenvalue weighted by molar-refractivity contribution is 0.125. The lowest BCUT2D eigenvalue weighted by Crippen LogP contribution is -1.99. The Hall–Kier alpha value is -0.210. The number of unbranched alkanes of at least 4 members (excludes halogenated alkanes) is 18. The van der Waals surface area contributed by atoms with Crippen molar-refractivity contribution in [2.75, 3.05) is 34.4 Å². The molecule has 0 spiro atoms. The van der Waals surface area contributed by atoms with E-state index in [0.29, 0.717) is 0 Å². The van der Waals surface area contributed by atoms with Crippen molar-refractivity contribution < 1.29 is 22.3 Å². The lowest BCUT2D eigenvalue weighted by Gasteiger charge is -2.05. The molecule has 0 aliphatic rings. The fraction of sp³-hybridized carbons (Fsp3) is 1.00. The molecule has 6 nitrogen and oxygen atoms in total. The van der Waals surface area contributed by atoms with Gasteiger partial charge in [0.15, 0.2) is 0 Å². The Bertz CT molecular complexity index is 412. The highest BCUT2D eigenvalue weighted by Crippen LogP contribution is 2.12. The summed E-state index contributed by atoms with van der Waals surface area (Å²) in [6, 6.07) is 0. The lowest BCUT2D eigenvalue weighted by atomic mass is 10.1. The van der Waals surface area contributed by atoms with Crippen LogP contribution in [0.5, 0.6) is 0 Å². The van der Waals surface area contributed by atoms with Crippen molar-refractivity contribution in [2.24, 2.45) is 0 Å². The summed E-state index contributed by atoms with van der Waals surface area (Å²) in [5.41, 5.74) is 0. The van der Waals surface area contributed by atoms with Crippen LogP contribution in [0, 0.1) is 0 Å². The third-order valence-corrected chi connectivity index (χ3v) is 5.28. The molecule has 0 heterocycles. The van der Waals surface area contributed by atoms with Crippen molar-refractivity contribution >= 4 is 10.4 Å². The summed E-state index contributed by atoms with van der Waals surface area (Å²) in [6.07, 6.45) is 28.2. The first-order valence-electron chi connectivity index (χ1n) is 14.0. The molecule has 0 saturated carbocycles. The summed E-state index contributed by atoms with van der Waals surface area (Å²) < 4.78 is 37.4. The van der Waals surface area contributed by atoms with Gasteiger partial charge in [-0.2, -0.15) is 8.42 Å². The van der Waals surface area contributed by atoms with E-state index in [0.717, 1.165) is 13.2 Å². The molecule has 0 aliphatic carbocycles. The Morgan fingerprint density at radius 2 is 0.676 bits per heavy atom. The van der Waals surface area contributed by atoms with Crippen LogP contribution in [0.4, 0.5) is 0 Å². The molecule has 0 aromatic carbocycles. The zero-order valence-corrected chi connectivity index (χ0v) is 24.3. The molecule has 2 N–H and O–H groups in total. The van der Waals surface area contributed by atoms with E-state index in [9.17, 15) is 0 Å². The smallest absolute Gasteiger partial charge is 0.381 e. The molecule has 7 heteroatoms. The molecule has 0 rings (SSSR count). The zero-order valence-electron chi connectivity index (χ0n) is 23.5. The highest BCUT2D eigenvalue weighted by Gasteiger charge is 1.95. The Labute approximate surface area is 214 Å². The van der Waals surface area contributed by atoms with Crippen molar-refractivity contribution in [3.63, 3.8) is 0 Å². The number of hydrogen-bond acceptors (Lipinski definition) is 4. The molecule has 0 unspecified atom stereocenters. The number of ether oxygens (including phenoxy) is 1. The Balaban J connectivity index is -0.000000900. The predicted octanol–water partition coefficient (Wildman–Crippen LogP) is 8.37. The third-order valence-electron chi connectivity index (χ3n) is 5.28. The van der Waals surface area contributed by atoms with Gasteiger partial charge >= 0.3 is 10.4 Å². The van der Waals surface area contributed by atoms with Crippen LogP contribution < -0.4 is 0 Å². The Kier molecular flexibility index (Phi) is 37.0. The summed E-state index contributed by atoms with van der Waals surface area (Å²) in [7, 11) is 1.33. The molecule has 0 saturated heterocycles. The second kappa shape index (κ2) is 32.8. The second-order valence-corrected chi connectivity index (χ2v) is 10.7. The molecular weight excluding hydrogens is 450 g/mol. The van der Waals surface area contributed by atoms with E-state index in [1.54, 1.807) is 0 Å². The van der Waals surface area contributed by atoms with Crippen LogP contribution in [-0.4, -0.2) is 56.8 Å². The van der Waals surface area contributed by atoms with Crippen LogP contribution in [0.2, 0.25) is 0 Å². The normalized spacial score (nSPS) is 11.1. The topological polar surface area (TPSA) is 87.1 Å². The van der Waals surface area contributed by atoms with Gasteiger partial charge in [0.1, 0.15) is 0 Å². The van der Waals surface area contributed by atoms with Gasteiger partial charge in [0.05, 0.1) is 0 Å². The highest BCUT2D eigenvalue weighted by atomic mass is 32.3. The fourth-order valence-corrected chi connectivity index (χ4v) is 3.49. The molecule has 0 fully saturated rings. The summed E-state index contributed by atoms with van der Waals surface area (Å²) >= 11 is 0. The first-order valence-corrected chi connectivity index (χ1v) is 15.4. The summed E-state index contributed by atoms with van der Waals surface area (Å²) in [6.45, 7) is 6.57. The molecular formula is C27H61NO5S. The molecule has 210 valence electrons. The second-order valence-electron chi connectivity index (χ2n) is 9.77. The maximum absolute atomic E-state index is 8.74. The molecule has 0 radical (unpaired) electrons. The van der Waals surface area contributed by atoms with Gasteiger partial charge in [0, 0.05) is 13.2 Å². The number of rotatable bonds is 22. The number of hydrogen-bond donors (Lipinski definition) is 2. The van der Waals surface area contributed by atoms with Crippen LogP contribution in [0.25, 0.3) is 0 Å². The van der Waals surface area contributed by atoms with Gasteiger partial charge in [0.2, 0.25) is 0 Å². The standard InChI is InChI=1S/C24H50O.C3H9N.H2O4S/c1-3-5-7-9-11-13-15-17-19-21-23-25-24-22-20-18-16-14-12-10-8-6-4-2;1-4(2)3;1-5(2,3)4/h3-24H2,1-2H3;1-3H3;(H2,1,2,3,4). The van der Waals surface area contributed by atoms with Gasteiger partial charge in [-0.05, 0) is 34.0 Å². The number of nitrogens with zero attached hydrogens (tertiary/aromatic N) is 1. The van der Waals surface area contributed by atoms with E-state index in [1.165, 1.54) is 128 Å². The van der Waals surface area contributed by atoms with Crippen LogP contribution >= 0.6 is 0 Å². The average Bonchev–Trinajstić information content (AvgIpc) is 2.73. The minimum absolute atomic E-state index is 0.994. The Morgan fingerprint density at radius 3 is 0.882 bits per heavy atom. The Morgan fingerprint density at radius 1 is 0.500 bits per heavy atom. The van der Waals surface area contributed by atoms with Gasteiger partial charge < -0.3 is 9.64 Å². The molecule has 0 atom stereocenters. The minimum atomic E-state index is -4.67. The summed E-state index contributed by atoms with van der Waals surface area (Å²) in [4.78, 5) is 2.00. The van der Waals surface area contributed by atoms with Gasteiger partial charge in [-0.15, -0.1) is 0 Å². The third kappa shape index (κ3) is 63.5. The average molecular weight is 512 g/mol. The quantitative estimate of drug-likeness (QED) is 0.112. The fourth-order valence-electron chi connectivity index (χ4n) is 3.49. The molecule has 0 amide bonds. The van der Waals surface area contributed by atoms with Crippen molar-refractivity contribution in [1.29, 1.82) is 0 Å². The monoisotopic (exact) mass is 511 g/mol. The largest absolute Gasteiger partial charge is 0.394 e. The van der Waals surface area contributed by atoms with Crippen LogP contribution in [0.15, 0.2) is 0 Å². The van der Waals surface area contributed by atoms with Crippen molar-refractivity contribution in [3.8, 4) is 0 Å². The van der Waals surface area contributed by atoms with Crippen molar-refractivity contribution in [3.05, 3.63) is 0 Å². The predicted molar refractivity (Wildman–Crippen MR) is 148 cm³/mol. The van der Waals surface area contributed by atoms with Crippen LogP contribution in [0.1, 0.15) is 142 Å². The molecule has 0 aromatic rings. The highest BCUT2D eigenvalue weighted by molar-refractivity contribution is 7.79. The van der Waals surface area contributed by atoms with Crippen molar-refractivity contribution in [2.45, 2.75) is 142 Å². The molecule has 34 heavy (non-hydrogen) atoms. The zero-order chi connectivity index (χ0) is 26.3. The van der Waals surface area contributed by atoms with Crippen LogP contribution in [-0.2, 0) is 15.1 Å². The van der Waals surface area contributed by atoms with Crippen molar-refractivity contribution in [1.82, 2.24) is 4.90 Å². The van der Waals surface area contributed by atoms with Gasteiger partial charge in [-0.3, -0.25) is 9.11 Å². The molecule has 0 aliphatic heterocycles. The maximum Gasteiger partial charge on any atom is 0.394 e. The first kappa shape index (κ1) is 38.3. The maximum atomic E-state index is 8.74. The first-order chi connectivity index (χ1) is 16.1. The minimum Gasteiger partial charge on any atom is -0.381 e. The molecule has 0 aromatic heterocycles. The van der Waals surface area contributed by atoms with Gasteiger partial charge in [-0.1, -0.05) is 129 Å². The van der Waals surface area contributed by atoms with E-state index < -0.39 is 10.4 Å². The van der Waals surface area contributed by atoms with Gasteiger partial charge in [-0.25, -0.2) is 0 Å². The summed E-state index contributed by atoms with van der Waals surface area (Å²) in [5, 5.41) is 0. The van der Waals surface area contributed by atoms with E-state index in [2.05, 4.69) is 13.8 Å². The summed E-state index contributed by atoms with van der Waals surface area (Å²) in [5.74, 6) is 0. The van der Waals surface area contributed by atoms with E-state index in [1.807, 2.05) is 26.0 Å². The molecule has 0 bridgehead atoms. The van der Waals surface area contributed by atoms with E-state index >= 15 is 0 Å². The van der Waals surface area contributed by atoms with Gasteiger partial charge in [0.25, 0.3) is 0 Å².